The molecule has 5 rings (SSSR count). The van der Waals surface area contributed by atoms with E-state index in [1.54, 1.807) is 24.3 Å². The van der Waals surface area contributed by atoms with E-state index in [2.05, 4.69) is 9.97 Å². The third-order valence-electron chi connectivity index (χ3n) is 7.14. The number of amides is 3. The lowest BCUT2D eigenvalue weighted by Crippen LogP contribution is -2.61. The third kappa shape index (κ3) is 2.96. The van der Waals surface area contributed by atoms with Crippen LogP contribution < -0.4 is 4.74 Å². The number of ether oxygens (including phenoxy) is 1. The van der Waals surface area contributed by atoms with Crippen molar-refractivity contribution in [2.45, 2.75) is 30.8 Å². The monoisotopic (exact) mass is 452 g/mol. The average Bonchev–Trinajstić information content (AvgIpc) is 3.39. The van der Waals surface area contributed by atoms with E-state index in [4.69, 9.17) is 4.74 Å². The highest BCUT2D eigenvalue weighted by Gasteiger charge is 2.73. The van der Waals surface area contributed by atoms with Crippen LogP contribution in [0, 0.1) is 17.8 Å². The molecule has 1 saturated carbocycles. The van der Waals surface area contributed by atoms with E-state index < -0.39 is 41.2 Å². The molecule has 3 fully saturated rings. The fourth-order valence-electron chi connectivity index (χ4n) is 5.41. The van der Waals surface area contributed by atoms with Gasteiger partial charge in [-0.15, -0.1) is 0 Å². The molecule has 33 heavy (non-hydrogen) atoms. The van der Waals surface area contributed by atoms with Crippen LogP contribution in [-0.2, 0) is 25.6 Å². The van der Waals surface area contributed by atoms with Gasteiger partial charge < -0.3 is 19.7 Å². The number of rotatable bonds is 6. The Balaban J connectivity index is 1.74. The van der Waals surface area contributed by atoms with Gasteiger partial charge in [-0.1, -0.05) is 12.1 Å². The zero-order valence-corrected chi connectivity index (χ0v) is 18.2. The van der Waals surface area contributed by atoms with Crippen molar-refractivity contribution in [3.63, 3.8) is 0 Å². The Kier molecular flexibility index (Phi) is 4.77. The number of aliphatic carboxylic acids is 1. The van der Waals surface area contributed by atoms with Crippen LogP contribution in [0.5, 0.6) is 5.75 Å². The minimum absolute atomic E-state index is 0.165. The Morgan fingerprint density at radius 3 is 2.45 bits per heavy atom. The summed E-state index contributed by atoms with van der Waals surface area (Å²) < 4.78 is 5.23. The number of carbonyl (C=O) groups excluding carboxylic acids is 3. The van der Waals surface area contributed by atoms with Gasteiger partial charge >= 0.3 is 5.97 Å². The second kappa shape index (κ2) is 7.43. The SMILES string of the molecule is COc1ccc(C2[C@@H]3C(=O)N(C)C(=O)[C@@H]3C(Cc3cnc[nH]3)(C(=O)O)N2C(=O)C2CC2)cc1. The molecule has 1 aromatic heterocycles. The Morgan fingerprint density at radius 1 is 1.21 bits per heavy atom. The maximum absolute atomic E-state index is 13.7. The lowest BCUT2D eigenvalue weighted by Gasteiger charge is -2.40. The summed E-state index contributed by atoms with van der Waals surface area (Å²) in [6, 6.07) is 5.94. The number of imide groups is 1. The molecule has 4 atom stereocenters. The van der Waals surface area contributed by atoms with Crippen LogP contribution in [0.15, 0.2) is 36.8 Å². The van der Waals surface area contributed by atoms with Crippen molar-refractivity contribution in [1.82, 2.24) is 19.8 Å². The summed E-state index contributed by atoms with van der Waals surface area (Å²) >= 11 is 0. The van der Waals surface area contributed by atoms with Gasteiger partial charge in [0.2, 0.25) is 17.7 Å². The largest absolute Gasteiger partial charge is 0.497 e. The minimum Gasteiger partial charge on any atom is -0.497 e. The summed E-state index contributed by atoms with van der Waals surface area (Å²) in [5, 5.41) is 10.6. The number of benzene rings is 1. The average molecular weight is 452 g/mol. The molecule has 2 saturated heterocycles. The summed E-state index contributed by atoms with van der Waals surface area (Å²) in [7, 11) is 2.89. The number of imidazole rings is 1. The number of carboxylic acids is 1. The molecule has 0 bridgehead atoms. The molecule has 1 aromatic carbocycles. The number of carboxylic acid groups (broad SMARTS) is 1. The van der Waals surface area contributed by atoms with Crippen molar-refractivity contribution in [3.8, 4) is 5.75 Å². The third-order valence-corrected chi connectivity index (χ3v) is 7.14. The second-order valence-corrected chi connectivity index (χ2v) is 8.92. The van der Waals surface area contributed by atoms with Crippen molar-refractivity contribution < 1.29 is 29.0 Å². The summed E-state index contributed by atoms with van der Waals surface area (Å²) in [5.41, 5.74) is -0.877. The minimum atomic E-state index is -1.93. The molecule has 3 amide bonds. The molecule has 3 aliphatic rings. The van der Waals surface area contributed by atoms with Crippen LogP contribution in [0.25, 0.3) is 0 Å². The molecule has 2 unspecified atom stereocenters. The fourth-order valence-corrected chi connectivity index (χ4v) is 5.41. The van der Waals surface area contributed by atoms with Crippen molar-refractivity contribution in [1.29, 1.82) is 0 Å². The Labute approximate surface area is 189 Å². The molecular weight excluding hydrogens is 428 g/mol. The van der Waals surface area contributed by atoms with Gasteiger partial charge in [-0.25, -0.2) is 9.78 Å². The van der Waals surface area contributed by atoms with E-state index in [0.717, 1.165) is 4.90 Å². The Morgan fingerprint density at radius 2 is 1.91 bits per heavy atom. The van der Waals surface area contributed by atoms with Crippen molar-refractivity contribution in [2.24, 2.45) is 17.8 Å². The number of methoxy groups -OCH3 is 1. The standard InChI is InChI=1S/C23H24N4O6/c1-26-20(29)16-17(21(26)30)23(22(31)32,9-14-10-24-11-25-14)27(19(28)13-3-4-13)18(16)12-5-7-15(33-2)8-6-12/h5-8,10-11,13,16-18H,3-4,9H2,1-2H3,(H,24,25)(H,31,32)/t16-,17-,18?,23?/m1/s1. The van der Waals surface area contributed by atoms with E-state index in [1.165, 1.54) is 31.6 Å². The normalized spacial score (nSPS) is 28.8. The first kappa shape index (κ1) is 21.2. The number of H-pyrrole nitrogens is 1. The van der Waals surface area contributed by atoms with Crippen LogP contribution in [-0.4, -0.2) is 68.3 Å². The van der Waals surface area contributed by atoms with Crippen molar-refractivity contribution in [3.05, 3.63) is 48.0 Å². The van der Waals surface area contributed by atoms with Gasteiger partial charge in [-0.2, -0.15) is 0 Å². The number of hydrogen-bond donors (Lipinski definition) is 2. The number of likely N-dealkylation sites (tertiary alicyclic amines) is 2. The molecule has 2 N–H and O–H groups in total. The zero-order chi connectivity index (χ0) is 23.5. The maximum atomic E-state index is 13.7. The number of nitrogens with zero attached hydrogens (tertiary/aromatic N) is 3. The first-order valence-electron chi connectivity index (χ1n) is 10.8. The molecule has 0 spiro atoms. The molecular formula is C23H24N4O6. The van der Waals surface area contributed by atoms with Crippen LogP contribution in [0.4, 0.5) is 0 Å². The van der Waals surface area contributed by atoms with Crippen LogP contribution in [0.3, 0.4) is 0 Å². The van der Waals surface area contributed by atoms with Gasteiger partial charge in [0.15, 0.2) is 5.54 Å². The van der Waals surface area contributed by atoms with E-state index >= 15 is 0 Å². The van der Waals surface area contributed by atoms with Gasteiger partial charge in [0.05, 0.1) is 31.3 Å². The van der Waals surface area contributed by atoms with Gasteiger partial charge in [-0.3, -0.25) is 19.3 Å². The van der Waals surface area contributed by atoms with E-state index in [1.807, 2.05) is 0 Å². The molecule has 10 nitrogen and oxygen atoms in total. The molecule has 2 aliphatic heterocycles. The zero-order valence-electron chi connectivity index (χ0n) is 18.2. The predicted molar refractivity (Wildman–Crippen MR) is 113 cm³/mol. The smallest absolute Gasteiger partial charge is 0.330 e. The summed E-state index contributed by atoms with van der Waals surface area (Å²) in [6.07, 6.45) is 4.04. The van der Waals surface area contributed by atoms with Crippen molar-refractivity contribution >= 4 is 23.7 Å². The van der Waals surface area contributed by atoms with E-state index in [9.17, 15) is 24.3 Å². The first-order valence-corrected chi connectivity index (χ1v) is 10.8. The molecule has 10 heteroatoms. The highest BCUT2D eigenvalue weighted by molar-refractivity contribution is 6.10. The Bertz CT molecular complexity index is 1130. The second-order valence-electron chi connectivity index (χ2n) is 8.92. The topological polar surface area (TPSA) is 133 Å². The number of aromatic nitrogens is 2. The predicted octanol–water partition coefficient (Wildman–Crippen LogP) is 1.01. The van der Waals surface area contributed by atoms with Crippen LogP contribution in [0.1, 0.15) is 30.1 Å². The van der Waals surface area contributed by atoms with Gasteiger partial charge in [0.25, 0.3) is 0 Å². The highest BCUT2D eigenvalue weighted by atomic mass is 16.5. The van der Waals surface area contributed by atoms with Gasteiger partial charge in [0, 0.05) is 31.3 Å². The molecule has 2 aromatic rings. The number of carbonyl (C=O) groups is 4. The molecule has 0 radical (unpaired) electrons. The summed E-state index contributed by atoms with van der Waals surface area (Å²) in [5.74, 6) is -4.66. The van der Waals surface area contributed by atoms with Gasteiger partial charge in [-0.05, 0) is 30.5 Å². The number of aromatic amines is 1. The lowest BCUT2D eigenvalue weighted by molar-refractivity contribution is -0.164. The van der Waals surface area contributed by atoms with Crippen LogP contribution in [0.2, 0.25) is 0 Å². The fraction of sp³-hybridized carbons (Fsp3) is 0.435. The lowest BCUT2D eigenvalue weighted by atomic mass is 9.76. The maximum Gasteiger partial charge on any atom is 0.330 e. The van der Waals surface area contributed by atoms with Crippen LogP contribution >= 0.6 is 0 Å². The molecule has 3 heterocycles. The molecule has 1 aliphatic carbocycles. The summed E-state index contributed by atoms with van der Waals surface area (Å²) in [4.78, 5) is 62.5. The van der Waals surface area contributed by atoms with E-state index in [-0.39, 0.29) is 18.2 Å². The number of nitrogens with one attached hydrogen (secondary N) is 1. The Hall–Kier alpha value is -3.69. The molecule has 172 valence electrons. The highest BCUT2D eigenvalue weighted by Crippen LogP contribution is 2.57. The number of hydrogen-bond acceptors (Lipinski definition) is 6. The van der Waals surface area contributed by atoms with Crippen molar-refractivity contribution in [2.75, 3.05) is 14.2 Å². The number of fused-ring (bicyclic) bond motifs is 1. The quantitative estimate of drug-likeness (QED) is 0.625. The first-order chi connectivity index (χ1) is 15.8. The summed E-state index contributed by atoms with van der Waals surface area (Å²) in [6.45, 7) is 0. The van der Waals surface area contributed by atoms with Gasteiger partial charge in [0.1, 0.15) is 5.75 Å². The van der Waals surface area contributed by atoms with E-state index in [0.29, 0.717) is 29.8 Å².